The minimum absolute atomic E-state index is 0.255. The molecule has 1 saturated carbocycles. The van der Waals surface area contributed by atoms with E-state index in [1.54, 1.807) is 0 Å². The molecule has 17 heavy (non-hydrogen) atoms. The van der Waals surface area contributed by atoms with Gasteiger partial charge in [0.1, 0.15) is 0 Å². The van der Waals surface area contributed by atoms with E-state index in [1.807, 2.05) is 18.2 Å². The third-order valence-electron chi connectivity index (χ3n) is 3.36. The quantitative estimate of drug-likeness (QED) is 0.715. The summed E-state index contributed by atoms with van der Waals surface area (Å²) < 4.78 is 0. The highest BCUT2D eigenvalue weighted by molar-refractivity contribution is 5.92. The van der Waals surface area contributed by atoms with Crippen LogP contribution in [0.25, 0.3) is 0 Å². The zero-order chi connectivity index (χ0) is 12.1. The molecule has 0 aromatic heterocycles. The van der Waals surface area contributed by atoms with Crippen molar-refractivity contribution >= 4 is 5.78 Å². The molecule has 0 radical (unpaired) electrons. The van der Waals surface area contributed by atoms with Crippen molar-refractivity contribution in [2.24, 2.45) is 0 Å². The lowest BCUT2D eigenvalue weighted by atomic mass is 9.93. The fourth-order valence-corrected chi connectivity index (χ4v) is 2.34. The number of rotatable bonds is 3. The van der Waals surface area contributed by atoms with Crippen LogP contribution in [0, 0.1) is 6.92 Å². The Labute approximate surface area is 104 Å². The van der Waals surface area contributed by atoms with Gasteiger partial charge in [-0.3, -0.25) is 4.79 Å². The summed E-state index contributed by atoms with van der Waals surface area (Å²) in [6.07, 6.45) is 8.51. The summed E-state index contributed by atoms with van der Waals surface area (Å²) in [5.74, 6) is 0.255. The van der Waals surface area contributed by atoms with Crippen LogP contribution in [0.2, 0.25) is 0 Å². The molecular weight excluding hydrogens is 208 g/mol. The lowest BCUT2D eigenvalue weighted by Crippen LogP contribution is -2.02. The van der Waals surface area contributed by atoms with Crippen molar-refractivity contribution in [3.8, 4) is 0 Å². The molecule has 0 spiro atoms. The number of benzene rings is 1. The highest BCUT2D eigenvalue weighted by Crippen LogP contribution is 2.22. The van der Waals surface area contributed by atoms with Crippen LogP contribution in [0.15, 0.2) is 35.9 Å². The van der Waals surface area contributed by atoms with Gasteiger partial charge in [0.15, 0.2) is 5.78 Å². The maximum Gasteiger partial charge on any atom is 0.160 e. The second-order valence-electron chi connectivity index (χ2n) is 4.99. The number of aryl methyl sites for hydroxylation is 1. The lowest BCUT2D eigenvalue weighted by molar-refractivity contribution is -0.114. The van der Waals surface area contributed by atoms with Crippen molar-refractivity contribution in [3.05, 3.63) is 47.0 Å². The van der Waals surface area contributed by atoms with Crippen LogP contribution >= 0.6 is 0 Å². The molecule has 1 fully saturated rings. The Hall–Kier alpha value is -1.37. The average molecular weight is 228 g/mol. The first-order valence-corrected chi connectivity index (χ1v) is 6.52. The molecule has 0 amide bonds. The zero-order valence-corrected chi connectivity index (χ0v) is 10.5. The maximum absolute atomic E-state index is 11.9. The van der Waals surface area contributed by atoms with Gasteiger partial charge in [-0.2, -0.15) is 0 Å². The van der Waals surface area contributed by atoms with Crippen molar-refractivity contribution in [1.29, 1.82) is 0 Å². The first-order valence-electron chi connectivity index (χ1n) is 6.52. The van der Waals surface area contributed by atoms with E-state index in [2.05, 4.69) is 19.1 Å². The van der Waals surface area contributed by atoms with Gasteiger partial charge in [-0.25, -0.2) is 0 Å². The number of carbonyl (C=O) groups excluding carboxylic acids is 1. The fraction of sp³-hybridized carbons (Fsp3) is 0.438. The van der Waals surface area contributed by atoms with Gasteiger partial charge in [0.25, 0.3) is 0 Å². The molecule has 0 unspecified atom stereocenters. The molecule has 0 bridgehead atoms. The van der Waals surface area contributed by atoms with E-state index in [9.17, 15) is 4.79 Å². The standard InChI is InChI=1S/C16H20O/c1-13-7-9-15(10-8-13)12-16(17)11-14-5-3-2-4-6-14/h7-11H,2-6,12H2,1H3. The largest absolute Gasteiger partial charge is 0.294 e. The van der Waals surface area contributed by atoms with Gasteiger partial charge in [-0.1, -0.05) is 41.8 Å². The highest BCUT2D eigenvalue weighted by Gasteiger charge is 2.07. The van der Waals surface area contributed by atoms with Gasteiger partial charge in [0.2, 0.25) is 0 Å². The maximum atomic E-state index is 11.9. The van der Waals surface area contributed by atoms with Crippen molar-refractivity contribution in [1.82, 2.24) is 0 Å². The molecule has 1 heteroatoms. The van der Waals surface area contributed by atoms with Gasteiger partial charge < -0.3 is 0 Å². The molecule has 90 valence electrons. The summed E-state index contributed by atoms with van der Waals surface area (Å²) in [6, 6.07) is 8.23. The van der Waals surface area contributed by atoms with E-state index in [1.165, 1.54) is 30.4 Å². The summed E-state index contributed by atoms with van der Waals surface area (Å²) in [6.45, 7) is 2.07. The molecular formula is C16H20O. The van der Waals surface area contributed by atoms with Crippen LogP contribution in [0.3, 0.4) is 0 Å². The average Bonchev–Trinajstić information content (AvgIpc) is 2.33. The smallest absolute Gasteiger partial charge is 0.160 e. The minimum Gasteiger partial charge on any atom is -0.294 e. The Balaban J connectivity index is 1.94. The van der Waals surface area contributed by atoms with Gasteiger partial charge >= 0.3 is 0 Å². The van der Waals surface area contributed by atoms with Gasteiger partial charge in [0.05, 0.1) is 0 Å². The molecule has 2 rings (SSSR count). The van der Waals surface area contributed by atoms with Gasteiger partial charge in [-0.15, -0.1) is 0 Å². The molecule has 0 N–H and O–H groups in total. The first-order chi connectivity index (χ1) is 8.24. The molecule has 1 aliphatic carbocycles. The molecule has 1 nitrogen and oxygen atoms in total. The second-order valence-corrected chi connectivity index (χ2v) is 4.99. The number of hydrogen-bond acceptors (Lipinski definition) is 1. The second kappa shape index (κ2) is 5.81. The number of ketones is 1. The van der Waals surface area contributed by atoms with Crippen molar-refractivity contribution < 1.29 is 4.79 Å². The van der Waals surface area contributed by atoms with Crippen LogP contribution in [-0.4, -0.2) is 5.78 Å². The normalized spacial score (nSPS) is 15.7. The van der Waals surface area contributed by atoms with E-state index in [4.69, 9.17) is 0 Å². The van der Waals surface area contributed by atoms with Crippen molar-refractivity contribution in [2.75, 3.05) is 0 Å². The van der Waals surface area contributed by atoms with Gasteiger partial charge in [0, 0.05) is 6.42 Å². The number of hydrogen-bond donors (Lipinski definition) is 0. The van der Waals surface area contributed by atoms with Crippen LogP contribution in [0.5, 0.6) is 0 Å². The van der Waals surface area contributed by atoms with Gasteiger partial charge in [-0.05, 0) is 44.2 Å². The number of allylic oxidation sites excluding steroid dienone is 2. The van der Waals surface area contributed by atoms with Crippen LogP contribution in [-0.2, 0) is 11.2 Å². The summed E-state index contributed by atoms with van der Waals surface area (Å²) >= 11 is 0. The summed E-state index contributed by atoms with van der Waals surface area (Å²) in [5.41, 5.74) is 3.72. The molecule has 1 aromatic carbocycles. The monoisotopic (exact) mass is 228 g/mol. The van der Waals surface area contributed by atoms with E-state index >= 15 is 0 Å². The lowest BCUT2D eigenvalue weighted by Gasteiger charge is -2.12. The van der Waals surface area contributed by atoms with Crippen molar-refractivity contribution in [2.45, 2.75) is 45.4 Å². The Morgan fingerprint density at radius 2 is 1.76 bits per heavy atom. The van der Waals surface area contributed by atoms with Crippen LogP contribution in [0.1, 0.15) is 43.2 Å². The third kappa shape index (κ3) is 3.85. The highest BCUT2D eigenvalue weighted by atomic mass is 16.1. The van der Waals surface area contributed by atoms with E-state index in [0.29, 0.717) is 6.42 Å². The zero-order valence-electron chi connectivity index (χ0n) is 10.5. The summed E-state index contributed by atoms with van der Waals surface area (Å²) in [4.78, 5) is 11.9. The molecule has 1 aromatic rings. The predicted molar refractivity (Wildman–Crippen MR) is 71.1 cm³/mol. The van der Waals surface area contributed by atoms with Crippen LogP contribution in [0.4, 0.5) is 0 Å². The van der Waals surface area contributed by atoms with E-state index in [0.717, 1.165) is 18.4 Å². The Bertz CT molecular complexity index is 404. The SMILES string of the molecule is Cc1ccc(CC(=O)C=C2CCCCC2)cc1. The van der Waals surface area contributed by atoms with E-state index < -0.39 is 0 Å². The number of carbonyl (C=O) groups is 1. The van der Waals surface area contributed by atoms with Crippen LogP contribution < -0.4 is 0 Å². The fourth-order valence-electron chi connectivity index (χ4n) is 2.34. The summed E-state index contributed by atoms with van der Waals surface area (Å²) in [7, 11) is 0. The van der Waals surface area contributed by atoms with Crippen molar-refractivity contribution in [3.63, 3.8) is 0 Å². The Morgan fingerprint density at radius 1 is 1.12 bits per heavy atom. The molecule has 0 aliphatic heterocycles. The molecule has 0 atom stereocenters. The Kier molecular flexibility index (Phi) is 4.13. The first kappa shape index (κ1) is 12.1. The Morgan fingerprint density at radius 3 is 2.41 bits per heavy atom. The summed E-state index contributed by atoms with van der Waals surface area (Å²) in [5, 5.41) is 0. The van der Waals surface area contributed by atoms with E-state index in [-0.39, 0.29) is 5.78 Å². The molecule has 1 aliphatic rings. The topological polar surface area (TPSA) is 17.1 Å². The predicted octanol–water partition coefficient (Wildman–Crippen LogP) is 4.00. The molecule has 0 heterocycles. The minimum atomic E-state index is 0.255. The third-order valence-corrected chi connectivity index (χ3v) is 3.36. The molecule has 0 saturated heterocycles.